The van der Waals surface area contributed by atoms with Crippen LogP contribution in [0.25, 0.3) is 0 Å². The van der Waals surface area contributed by atoms with Crippen molar-refractivity contribution in [3.63, 3.8) is 0 Å². The number of carbonyl (C=O) groups is 1. The summed E-state index contributed by atoms with van der Waals surface area (Å²) < 4.78 is 4.87. The highest BCUT2D eigenvalue weighted by Gasteiger charge is 2.13. The molecule has 5 heteroatoms. The largest absolute Gasteiger partial charge is 0.611 e. The molecule has 0 saturated carbocycles. The van der Waals surface area contributed by atoms with E-state index in [0.29, 0.717) is 5.75 Å². The zero-order chi connectivity index (χ0) is 10.6. The number of nitriles is 1. The molecule has 1 unspecified atom stereocenters. The van der Waals surface area contributed by atoms with Crippen molar-refractivity contribution in [2.24, 2.45) is 0 Å². The summed E-state index contributed by atoms with van der Waals surface area (Å²) in [5.74, 6) is -0.207. The van der Waals surface area contributed by atoms with Crippen LogP contribution in [-0.4, -0.2) is 13.0 Å². The van der Waals surface area contributed by atoms with Gasteiger partial charge in [-0.3, -0.25) is 0 Å². The highest BCUT2D eigenvalue weighted by atomic mass is 16.5. The molecule has 0 saturated heterocycles. The van der Waals surface area contributed by atoms with Gasteiger partial charge in [0, 0.05) is 0 Å². The number of benzene rings is 1. The average molecular weight is 192 g/mol. The zero-order valence-corrected chi connectivity index (χ0v) is 7.48. The quantitative estimate of drug-likeness (QED) is 0.515. The smallest absolute Gasteiger partial charge is 0.358 e. The highest BCUT2D eigenvalue weighted by molar-refractivity contribution is 5.87. The van der Waals surface area contributed by atoms with Crippen molar-refractivity contribution < 1.29 is 14.6 Å². The molecule has 1 atom stereocenters. The maximum Gasteiger partial charge on any atom is 0.358 e. The van der Waals surface area contributed by atoms with E-state index in [4.69, 9.17) is 10.00 Å². The topological polar surface area (TPSA) is 77.6 Å². The number of hydrogen-bond donors (Lipinski definition) is 1. The first kappa shape index (κ1) is 10.2. The Balaban J connectivity index is 2.88. The summed E-state index contributed by atoms with van der Waals surface area (Å²) in [6, 6.07) is 5.99. The number of nitrogens with one attached hydrogen (secondary N) is 1. The van der Waals surface area contributed by atoms with Crippen LogP contribution in [0.2, 0.25) is 0 Å². The molecule has 1 aromatic carbocycles. The highest BCUT2D eigenvalue weighted by Crippen LogP contribution is 2.10. The predicted octanol–water partition coefficient (Wildman–Crippen LogP) is -0.301. The van der Waals surface area contributed by atoms with Gasteiger partial charge in [-0.15, -0.1) is 5.26 Å². The van der Waals surface area contributed by atoms with Gasteiger partial charge in [-0.2, -0.15) is 0 Å². The third kappa shape index (κ3) is 2.07. The van der Waals surface area contributed by atoms with Crippen LogP contribution in [0.15, 0.2) is 24.3 Å². The molecule has 0 spiro atoms. The minimum atomic E-state index is -1.06. The SMILES string of the molecule is COc1ccc(C(=O)[NH+]([O-])C#N)cc1. The van der Waals surface area contributed by atoms with Gasteiger partial charge in [-0.25, -0.2) is 9.86 Å². The van der Waals surface area contributed by atoms with E-state index in [1.165, 1.54) is 25.4 Å². The second kappa shape index (κ2) is 4.37. The summed E-state index contributed by atoms with van der Waals surface area (Å²) in [6.07, 6.45) is 1.27. The van der Waals surface area contributed by atoms with Crippen LogP contribution in [0.5, 0.6) is 5.75 Å². The van der Waals surface area contributed by atoms with Crippen LogP contribution in [-0.2, 0) is 0 Å². The molecule has 1 rings (SSSR count). The predicted molar refractivity (Wildman–Crippen MR) is 47.3 cm³/mol. The second-order valence-electron chi connectivity index (χ2n) is 2.50. The normalized spacial score (nSPS) is 11.5. The number of nitrogens with zero attached hydrogens (tertiary/aromatic N) is 1. The molecule has 0 fully saturated rings. The van der Waals surface area contributed by atoms with Crippen LogP contribution in [0.3, 0.4) is 0 Å². The molecule has 0 aliphatic heterocycles. The van der Waals surface area contributed by atoms with Crippen LogP contribution in [0, 0.1) is 16.7 Å². The second-order valence-corrected chi connectivity index (χ2v) is 2.50. The Kier molecular flexibility index (Phi) is 3.18. The summed E-state index contributed by atoms with van der Waals surface area (Å²) in [5, 5.41) is 17.9. The molecule has 1 amide bonds. The molecule has 0 aliphatic rings. The summed E-state index contributed by atoms with van der Waals surface area (Å²) in [7, 11) is 1.50. The maximum atomic E-state index is 11.2. The Labute approximate surface area is 80.7 Å². The van der Waals surface area contributed by atoms with E-state index >= 15 is 0 Å². The van der Waals surface area contributed by atoms with Crippen LogP contribution in [0.4, 0.5) is 0 Å². The number of hydroxylamine groups is 2. The molecule has 0 heterocycles. The van der Waals surface area contributed by atoms with Crippen molar-refractivity contribution in [2.45, 2.75) is 0 Å². The fourth-order valence-electron chi connectivity index (χ4n) is 0.924. The van der Waals surface area contributed by atoms with Gasteiger partial charge >= 0.3 is 12.1 Å². The number of quaternary nitrogens is 1. The number of carbonyl (C=O) groups excluding carboxylic acids is 1. The van der Waals surface area contributed by atoms with Crippen molar-refractivity contribution in [2.75, 3.05) is 7.11 Å². The van der Waals surface area contributed by atoms with Crippen molar-refractivity contribution in [3.05, 3.63) is 35.0 Å². The van der Waals surface area contributed by atoms with Gasteiger partial charge in [-0.1, -0.05) is 0 Å². The van der Waals surface area contributed by atoms with Gasteiger partial charge in [0.25, 0.3) is 0 Å². The van der Waals surface area contributed by atoms with E-state index in [-0.39, 0.29) is 5.56 Å². The first-order chi connectivity index (χ1) is 6.69. The zero-order valence-electron chi connectivity index (χ0n) is 7.48. The third-order valence-corrected chi connectivity index (χ3v) is 1.66. The van der Waals surface area contributed by atoms with Crippen molar-refractivity contribution in [1.82, 2.24) is 0 Å². The van der Waals surface area contributed by atoms with Crippen molar-refractivity contribution in [3.8, 4) is 11.9 Å². The van der Waals surface area contributed by atoms with E-state index in [1.54, 1.807) is 12.1 Å². The Morgan fingerprint density at radius 2 is 2.07 bits per heavy atom. The first-order valence-corrected chi connectivity index (χ1v) is 3.82. The molecule has 0 aromatic heterocycles. The molecule has 0 radical (unpaired) electrons. The van der Waals surface area contributed by atoms with E-state index < -0.39 is 11.0 Å². The first-order valence-electron chi connectivity index (χ1n) is 3.82. The lowest BCUT2D eigenvalue weighted by molar-refractivity contribution is -0.678. The summed E-state index contributed by atoms with van der Waals surface area (Å²) >= 11 is 0. The minimum Gasteiger partial charge on any atom is -0.611 e. The van der Waals surface area contributed by atoms with E-state index in [1.807, 2.05) is 0 Å². The maximum absolute atomic E-state index is 11.2. The van der Waals surface area contributed by atoms with Crippen molar-refractivity contribution >= 4 is 5.91 Å². The fourth-order valence-corrected chi connectivity index (χ4v) is 0.924. The molecule has 0 bridgehead atoms. The minimum absolute atomic E-state index is 0.192. The molecule has 0 aliphatic carbocycles. The fraction of sp³-hybridized carbons (Fsp3) is 0.111. The van der Waals surface area contributed by atoms with Crippen LogP contribution < -0.4 is 9.80 Å². The van der Waals surface area contributed by atoms with Gasteiger partial charge in [0.05, 0.1) is 12.7 Å². The molecule has 72 valence electrons. The molecule has 5 nitrogen and oxygen atoms in total. The Hall–Kier alpha value is -1.90. The standard InChI is InChI=1S/C9H8N2O3/c1-14-8-4-2-7(3-5-8)9(12)11(13)6-10/h2-5,11H,1H3. The number of ether oxygens (including phenoxy) is 1. The van der Waals surface area contributed by atoms with Gasteiger partial charge in [0.15, 0.2) is 0 Å². The molecular weight excluding hydrogens is 184 g/mol. The number of rotatable bonds is 2. The van der Waals surface area contributed by atoms with Gasteiger partial charge in [0.2, 0.25) is 0 Å². The van der Waals surface area contributed by atoms with Crippen LogP contribution >= 0.6 is 0 Å². The van der Waals surface area contributed by atoms with Crippen molar-refractivity contribution in [1.29, 1.82) is 5.26 Å². The Morgan fingerprint density at radius 1 is 1.50 bits per heavy atom. The summed E-state index contributed by atoms with van der Waals surface area (Å²) in [6.45, 7) is 0. The van der Waals surface area contributed by atoms with Gasteiger partial charge < -0.3 is 9.94 Å². The van der Waals surface area contributed by atoms with Gasteiger partial charge in [0.1, 0.15) is 5.75 Å². The lowest BCUT2D eigenvalue weighted by Gasteiger charge is -2.08. The van der Waals surface area contributed by atoms with E-state index in [0.717, 1.165) is 0 Å². The molecule has 1 N–H and O–H groups in total. The lowest BCUT2D eigenvalue weighted by atomic mass is 10.2. The summed E-state index contributed by atoms with van der Waals surface area (Å²) in [4.78, 5) is 11.2. The molecule has 14 heavy (non-hydrogen) atoms. The lowest BCUT2D eigenvalue weighted by Crippen LogP contribution is -3.06. The van der Waals surface area contributed by atoms with Gasteiger partial charge in [-0.05, 0) is 24.3 Å². The van der Waals surface area contributed by atoms with Crippen LogP contribution in [0.1, 0.15) is 10.4 Å². The van der Waals surface area contributed by atoms with E-state index in [9.17, 15) is 10.0 Å². The molecular formula is C9H8N2O3. The third-order valence-electron chi connectivity index (χ3n) is 1.66. The Bertz CT molecular complexity index is 367. The monoisotopic (exact) mass is 192 g/mol. The Morgan fingerprint density at radius 3 is 2.50 bits per heavy atom. The number of amides is 1. The number of hydrogen-bond acceptors (Lipinski definition) is 4. The number of methoxy groups -OCH3 is 1. The average Bonchev–Trinajstić information content (AvgIpc) is 2.27. The summed E-state index contributed by atoms with van der Waals surface area (Å²) in [5.41, 5.74) is 0.192. The van der Waals surface area contributed by atoms with E-state index in [2.05, 4.69) is 0 Å². The molecule has 1 aromatic rings.